The Balaban J connectivity index is 2.26. The van der Waals surface area contributed by atoms with Crippen molar-refractivity contribution in [2.45, 2.75) is 13.8 Å². The highest BCUT2D eigenvalue weighted by molar-refractivity contribution is 5.79. The second kappa shape index (κ2) is 9.49. The van der Waals surface area contributed by atoms with Gasteiger partial charge in [-0.15, -0.1) is 0 Å². The SMILES string of the molecule is CC(/C=C/C=C(/C=C/c1ccc(C)cc1)c1ccccc1)=C\CN. The molecule has 2 N–H and O–H groups in total. The molecular formula is C23H25N. The molecule has 0 aliphatic carbocycles. The number of benzene rings is 2. The van der Waals surface area contributed by atoms with Crippen LogP contribution in [0.2, 0.25) is 0 Å². The van der Waals surface area contributed by atoms with E-state index in [-0.39, 0.29) is 0 Å². The lowest BCUT2D eigenvalue weighted by Gasteiger charge is -2.02. The molecule has 2 rings (SSSR count). The fourth-order valence-corrected chi connectivity index (χ4v) is 2.30. The minimum absolute atomic E-state index is 0.568. The Morgan fingerprint density at radius 1 is 0.958 bits per heavy atom. The summed E-state index contributed by atoms with van der Waals surface area (Å²) in [7, 11) is 0. The minimum atomic E-state index is 0.568. The van der Waals surface area contributed by atoms with Gasteiger partial charge >= 0.3 is 0 Å². The van der Waals surface area contributed by atoms with Crippen molar-refractivity contribution in [3.8, 4) is 0 Å². The van der Waals surface area contributed by atoms with E-state index in [4.69, 9.17) is 5.73 Å². The van der Waals surface area contributed by atoms with Crippen LogP contribution in [0, 0.1) is 6.92 Å². The van der Waals surface area contributed by atoms with Gasteiger partial charge in [0.2, 0.25) is 0 Å². The molecule has 0 spiro atoms. The molecule has 0 atom stereocenters. The van der Waals surface area contributed by atoms with Crippen LogP contribution in [-0.2, 0) is 0 Å². The van der Waals surface area contributed by atoms with Crippen molar-refractivity contribution in [3.63, 3.8) is 0 Å². The Morgan fingerprint density at radius 2 is 1.67 bits per heavy atom. The van der Waals surface area contributed by atoms with Gasteiger partial charge in [-0.25, -0.2) is 0 Å². The van der Waals surface area contributed by atoms with Crippen LogP contribution in [0.5, 0.6) is 0 Å². The Hall–Kier alpha value is -2.64. The molecule has 0 saturated heterocycles. The van der Waals surface area contributed by atoms with Gasteiger partial charge in [-0.05, 0) is 30.5 Å². The summed E-state index contributed by atoms with van der Waals surface area (Å²) in [5.74, 6) is 0. The van der Waals surface area contributed by atoms with Gasteiger partial charge < -0.3 is 5.73 Å². The largest absolute Gasteiger partial charge is 0.327 e. The fraction of sp³-hybridized carbons (Fsp3) is 0.130. The second-order valence-electron chi connectivity index (χ2n) is 5.78. The van der Waals surface area contributed by atoms with Gasteiger partial charge in [0, 0.05) is 6.54 Å². The molecule has 122 valence electrons. The highest BCUT2D eigenvalue weighted by atomic mass is 14.5. The van der Waals surface area contributed by atoms with Gasteiger partial charge in [-0.2, -0.15) is 0 Å². The molecule has 24 heavy (non-hydrogen) atoms. The van der Waals surface area contributed by atoms with Crippen LogP contribution >= 0.6 is 0 Å². The van der Waals surface area contributed by atoms with Gasteiger partial charge in [0.05, 0.1) is 0 Å². The summed E-state index contributed by atoms with van der Waals surface area (Å²) in [6.45, 7) is 4.73. The predicted octanol–water partition coefficient (Wildman–Crippen LogP) is 5.55. The predicted molar refractivity (Wildman–Crippen MR) is 107 cm³/mol. The van der Waals surface area contributed by atoms with Crippen molar-refractivity contribution in [1.29, 1.82) is 0 Å². The molecule has 2 aromatic carbocycles. The summed E-state index contributed by atoms with van der Waals surface area (Å²) in [6, 6.07) is 19.0. The van der Waals surface area contributed by atoms with Crippen LogP contribution in [0.1, 0.15) is 23.6 Å². The first-order valence-electron chi connectivity index (χ1n) is 8.24. The van der Waals surface area contributed by atoms with Crippen LogP contribution in [0.25, 0.3) is 11.6 Å². The van der Waals surface area contributed by atoms with Crippen molar-refractivity contribution in [1.82, 2.24) is 0 Å². The molecule has 1 nitrogen and oxygen atoms in total. The molecule has 0 aromatic heterocycles. The van der Waals surface area contributed by atoms with Crippen molar-refractivity contribution in [2.75, 3.05) is 6.54 Å². The van der Waals surface area contributed by atoms with Crippen LogP contribution in [-0.4, -0.2) is 6.54 Å². The van der Waals surface area contributed by atoms with Gasteiger partial charge in [0.1, 0.15) is 0 Å². The highest BCUT2D eigenvalue weighted by Gasteiger charge is 1.96. The zero-order chi connectivity index (χ0) is 17.2. The molecule has 0 amide bonds. The van der Waals surface area contributed by atoms with E-state index in [1.54, 1.807) is 0 Å². The van der Waals surface area contributed by atoms with E-state index in [9.17, 15) is 0 Å². The lowest BCUT2D eigenvalue weighted by molar-refractivity contribution is 1.23. The van der Waals surface area contributed by atoms with E-state index in [1.165, 1.54) is 27.8 Å². The molecule has 2 aromatic rings. The van der Waals surface area contributed by atoms with E-state index in [1.807, 2.05) is 12.1 Å². The number of aryl methyl sites for hydroxylation is 1. The molecule has 0 unspecified atom stereocenters. The van der Waals surface area contributed by atoms with Gasteiger partial charge in [-0.1, -0.05) is 102 Å². The highest BCUT2D eigenvalue weighted by Crippen LogP contribution is 2.18. The molecule has 0 saturated carbocycles. The molecule has 0 heterocycles. The van der Waals surface area contributed by atoms with E-state index in [0.29, 0.717) is 6.54 Å². The van der Waals surface area contributed by atoms with Crippen molar-refractivity contribution in [2.24, 2.45) is 5.73 Å². The maximum Gasteiger partial charge on any atom is 0.0112 e. The third-order valence-electron chi connectivity index (χ3n) is 3.71. The summed E-state index contributed by atoms with van der Waals surface area (Å²) < 4.78 is 0. The maximum absolute atomic E-state index is 5.54. The first kappa shape index (κ1) is 17.7. The van der Waals surface area contributed by atoms with E-state index < -0.39 is 0 Å². The lowest BCUT2D eigenvalue weighted by atomic mass is 10.0. The number of nitrogens with two attached hydrogens (primary N) is 1. The Morgan fingerprint density at radius 3 is 2.33 bits per heavy atom. The number of hydrogen-bond donors (Lipinski definition) is 1. The van der Waals surface area contributed by atoms with E-state index in [2.05, 4.69) is 92.8 Å². The van der Waals surface area contributed by atoms with Gasteiger partial charge in [-0.3, -0.25) is 0 Å². The summed E-state index contributed by atoms with van der Waals surface area (Å²) in [4.78, 5) is 0. The number of rotatable bonds is 6. The summed E-state index contributed by atoms with van der Waals surface area (Å²) in [6.07, 6.45) is 12.6. The summed E-state index contributed by atoms with van der Waals surface area (Å²) in [5.41, 5.74) is 11.6. The first-order chi connectivity index (χ1) is 11.7. The monoisotopic (exact) mass is 315 g/mol. The van der Waals surface area contributed by atoms with Gasteiger partial charge in [0.25, 0.3) is 0 Å². The smallest absolute Gasteiger partial charge is 0.0112 e. The molecule has 0 radical (unpaired) electrons. The molecule has 0 bridgehead atoms. The van der Waals surface area contributed by atoms with Crippen molar-refractivity contribution in [3.05, 3.63) is 107 Å². The molecule has 0 aliphatic heterocycles. The molecule has 0 aliphatic rings. The number of hydrogen-bond acceptors (Lipinski definition) is 1. The van der Waals surface area contributed by atoms with Crippen LogP contribution < -0.4 is 5.73 Å². The average Bonchev–Trinajstić information content (AvgIpc) is 2.60. The Kier molecular flexibility index (Phi) is 7.00. The van der Waals surface area contributed by atoms with E-state index >= 15 is 0 Å². The third kappa shape index (κ3) is 5.86. The van der Waals surface area contributed by atoms with Gasteiger partial charge in [0.15, 0.2) is 0 Å². The first-order valence-corrected chi connectivity index (χ1v) is 8.24. The van der Waals surface area contributed by atoms with Crippen LogP contribution in [0.15, 0.2) is 90.6 Å². The normalized spacial score (nSPS) is 13.1. The zero-order valence-corrected chi connectivity index (χ0v) is 14.4. The maximum atomic E-state index is 5.54. The molecule has 1 heteroatoms. The third-order valence-corrected chi connectivity index (χ3v) is 3.71. The lowest BCUT2D eigenvalue weighted by Crippen LogP contribution is -1.93. The topological polar surface area (TPSA) is 26.0 Å². The number of allylic oxidation sites excluding steroid dienone is 6. The standard InChI is InChI=1S/C23H25N/c1-19(17-18-24)7-6-10-23(22-8-4-3-5-9-22)16-15-21-13-11-20(2)12-14-21/h3-17H,18,24H2,1-2H3/b7-6+,16-15+,19-17+,23-10-. The van der Waals surface area contributed by atoms with Crippen LogP contribution in [0.4, 0.5) is 0 Å². The van der Waals surface area contributed by atoms with Crippen LogP contribution in [0.3, 0.4) is 0 Å². The summed E-state index contributed by atoms with van der Waals surface area (Å²) >= 11 is 0. The fourth-order valence-electron chi connectivity index (χ4n) is 2.30. The van der Waals surface area contributed by atoms with Crippen molar-refractivity contribution >= 4 is 11.6 Å². The molecular weight excluding hydrogens is 290 g/mol. The summed E-state index contributed by atoms with van der Waals surface area (Å²) in [5, 5.41) is 0. The average molecular weight is 315 g/mol. The Bertz CT molecular complexity index is 744. The zero-order valence-electron chi connectivity index (χ0n) is 14.4. The Labute approximate surface area is 145 Å². The van der Waals surface area contributed by atoms with Crippen molar-refractivity contribution < 1.29 is 0 Å². The quantitative estimate of drug-likeness (QED) is 0.695. The van der Waals surface area contributed by atoms with E-state index in [0.717, 1.165) is 0 Å². The molecule has 0 fully saturated rings. The minimum Gasteiger partial charge on any atom is -0.327 e. The second-order valence-corrected chi connectivity index (χ2v) is 5.78.